The smallest absolute Gasteiger partial charge is 0.237 e. The van der Waals surface area contributed by atoms with Gasteiger partial charge in [0.2, 0.25) is 5.91 Å². The highest BCUT2D eigenvalue weighted by Gasteiger charge is 2.22. The molecule has 0 bridgehead atoms. The number of amides is 1. The summed E-state index contributed by atoms with van der Waals surface area (Å²) in [7, 11) is 1.76. The zero-order valence-corrected chi connectivity index (χ0v) is 18.0. The summed E-state index contributed by atoms with van der Waals surface area (Å²) in [5, 5.41) is 11.1. The summed E-state index contributed by atoms with van der Waals surface area (Å²) < 4.78 is 34.3. The first-order valence-corrected chi connectivity index (χ1v) is 10.2. The van der Waals surface area contributed by atoms with Crippen LogP contribution in [0.3, 0.4) is 0 Å². The normalized spacial score (nSPS) is 13.0. The molecule has 0 radical (unpaired) electrons. The average Bonchev–Trinajstić information content (AvgIpc) is 3.06. The molecule has 158 valence electrons. The molecule has 3 rings (SSSR count). The minimum Gasteiger partial charge on any atom is -0.481 e. The van der Waals surface area contributed by atoms with Gasteiger partial charge in [-0.1, -0.05) is 35.5 Å². The Labute approximate surface area is 181 Å². The van der Waals surface area contributed by atoms with Crippen LogP contribution in [0, 0.1) is 11.6 Å². The summed E-state index contributed by atoms with van der Waals surface area (Å²) in [6.07, 6.45) is -0.436. The molecule has 0 saturated carbocycles. The van der Waals surface area contributed by atoms with Gasteiger partial charge in [0.05, 0.1) is 16.0 Å². The Hall–Kier alpha value is -2.65. The monoisotopic (exact) mass is 452 g/mol. The fraction of sp³-hybridized carbons (Fsp3) is 0.250. The molecule has 2 unspecified atom stereocenters. The van der Waals surface area contributed by atoms with Crippen molar-refractivity contribution in [3.05, 3.63) is 64.9 Å². The SMILES string of the molecule is CC(Sc1nnc(C(C)Oc2ccccc2Cl)n1C)C(=O)Nc1ccc(F)cc1F. The minimum absolute atomic E-state index is 0.0886. The molecular formula is C20H19ClF2N4O2S. The highest BCUT2D eigenvalue weighted by molar-refractivity contribution is 8.00. The van der Waals surface area contributed by atoms with E-state index in [0.29, 0.717) is 27.8 Å². The number of thioether (sulfide) groups is 1. The number of anilines is 1. The lowest BCUT2D eigenvalue weighted by molar-refractivity contribution is -0.115. The van der Waals surface area contributed by atoms with Crippen molar-refractivity contribution in [1.29, 1.82) is 0 Å². The Balaban J connectivity index is 1.66. The third kappa shape index (κ3) is 5.09. The van der Waals surface area contributed by atoms with Crippen LogP contribution >= 0.6 is 23.4 Å². The Bertz CT molecular complexity index is 1060. The maximum Gasteiger partial charge on any atom is 0.237 e. The van der Waals surface area contributed by atoms with E-state index in [0.717, 1.165) is 17.8 Å². The van der Waals surface area contributed by atoms with E-state index in [1.807, 2.05) is 13.0 Å². The molecule has 0 spiro atoms. The van der Waals surface area contributed by atoms with Gasteiger partial charge < -0.3 is 14.6 Å². The molecule has 0 aliphatic carbocycles. The van der Waals surface area contributed by atoms with E-state index < -0.39 is 28.9 Å². The molecule has 6 nitrogen and oxygen atoms in total. The summed E-state index contributed by atoms with van der Waals surface area (Å²) >= 11 is 7.28. The van der Waals surface area contributed by atoms with Crippen LogP contribution in [0.2, 0.25) is 5.02 Å². The van der Waals surface area contributed by atoms with E-state index >= 15 is 0 Å². The zero-order valence-electron chi connectivity index (χ0n) is 16.4. The van der Waals surface area contributed by atoms with Gasteiger partial charge in [0, 0.05) is 13.1 Å². The second-order valence-electron chi connectivity index (χ2n) is 6.46. The molecule has 1 N–H and O–H groups in total. The van der Waals surface area contributed by atoms with Gasteiger partial charge in [0.25, 0.3) is 0 Å². The maximum atomic E-state index is 13.8. The van der Waals surface area contributed by atoms with Crippen LogP contribution in [0.5, 0.6) is 5.75 Å². The van der Waals surface area contributed by atoms with Crippen molar-refractivity contribution in [3.8, 4) is 5.75 Å². The molecular weight excluding hydrogens is 434 g/mol. The van der Waals surface area contributed by atoms with E-state index in [9.17, 15) is 13.6 Å². The fourth-order valence-electron chi connectivity index (χ4n) is 2.60. The number of ether oxygens (including phenoxy) is 1. The first-order chi connectivity index (χ1) is 14.3. The molecule has 10 heteroatoms. The van der Waals surface area contributed by atoms with Crippen molar-refractivity contribution in [3.63, 3.8) is 0 Å². The maximum absolute atomic E-state index is 13.8. The van der Waals surface area contributed by atoms with Gasteiger partial charge >= 0.3 is 0 Å². The van der Waals surface area contributed by atoms with E-state index in [4.69, 9.17) is 16.3 Å². The van der Waals surface area contributed by atoms with Crippen LogP contribution in [-0.2, 0) is 11.8 Å². The summed E-state index contributed by atoms with van der Waals surface area (Å²) in [5.74, 6) is -0.928. The van der Waals surface area contributed by atoms with Gasteiger partial charge in [-0.3, -0.25) is 4.79 Å². The zero-order chi connectivity index (χ0) is 21.8. The molecule has 2 aromatic carbocycles. The van der Waals surface area contributed by atoms with Crippen molar-refractivity contribution >= 4 is 35.0 Å². The number of carbonyl (C=O) groups is 1. The lowest BCUT2D eigenvalue weighted by Crippen LogP contribution is -2.23. The van der Waals surface area contributed by atoms with Gasteiger partial charge in [0.1, 0.15) is 17.4 Å². The topological polar surface area (TPSA) is 69.0 Å². The Morgan fingerprint density at radius 1 is 1.20 bits per heavy atom. The highest BCUT2D eigenvalue weighted by Crippen LogP contribution is 2.30. The first kappa shape index (κ1) is 22.0. The van der Waals surface area contributed by atoms with Crippen molar-refractivity contribution in [2.75, 3.05) is 5.32 Å². The first-order valence-electron chi connectivity index (χ1n) is 8.99. The fourth-order valence-corrected chi connectivity index (χ4v) is 3.61. The van der Waals surface area contributed by atoms with Gasteiger partial charge in [-0.15, -0.1) is 10.2 Å². The molecule has 0 aliphatic heterocycles. The van der Waals surface area contributed by atoms with Crippen LogP contribution in [0.4, 0.5) is 14.5 Å². The van der Waals surface area contributed by atoms with Crippen LogP contribution < -0.4 is 10.1 Å². The van der Waals surface area contributed by atoms with E-state index in [1.54, 1.807) is 36.7 Å². The average molecular weight is 453 g/mol. The minimum atomic E-state index is -0.841. The number of para-hydroxylation sites is 1. The Morgan fingerprint density at radius 2 is 1.93 bits per heavy atom. The molecule has 2 atom stereocenters. The summed E-state index contributed by atoms with van der Waals surface area (Å²) in [4.78, 5) is 12.4. The van der Waals surface area contributed by atoms with Crippen molar-refractivity contribution < 1.29 is 18.3 Å². The molecule has 3 aromatic rings. The van der Waals surface area contributed by atoms with Crippen LogP contribution in [0.15, 0.2) is 47.6 Å². The number of halogens is 3. The number of benzene rings is 2. The second-order valence-corrected chi connectivity index (χ2v) is 8.18. The Kier molecular flexibility index (Phi) is 6.94. The third-order valence-corrected chi connectivity index (χ3v) is 5.66. The number of hydrogen-bond donors (Lipinski definition) is 1. The number of rotatable bonds is 7. The molecule has 0 aliphatic rings. The number of carbonyl (C=O) groups excluding carboxylic acids is 1. The number of nitrogens with one attached hydrogen (secondary N) is 1. The number of hydrogen-bond acceptors (Lipinski definition) is 5. The lowest BCUT2D eigenvalue weighted by atomic mass is 10.3. The van der Waals surface area contributed by atoms with Gasteiger partial charge in [-0.05, 0) is 38.1 Å². The molecule has 0 fully saturated rings. The standard InChI is InChI=1S/C20H19ClF2N4O2S/c1-11(29-17-7-5-4-6-14(17)21)18-25-26-20(27(18)3)30-12(2)19(28)24-16-9-8-13(22)10-15(16)23/h4-12H,1-3H3,(H,24,28). The van der Waals surface area contributed by atoms with Crippen molar-refractivity contribution in [2.24, 2.45) is 7.05 Å². The molecule has 30 heavy (non-hydrogen) atoms. The van der Waals surface area contributed by atoms with E-state index in [2.05, 4.69) is 15.5 Å². The van der Waals surface area contributed by atoms with Gasteiger partial charge in [-0.25, -0.2) is 8.78 Å². The number of nitrogens with zero attached hydrogens (tertiary/aromatic N) is 3. The predicted molar refractivity (Wildman–Crippen MR) is 112 cm³/mol. The quantitative estimate of drug-likeness (QED) is 0.510. The predicted octanol–water partition coefficient (Wildman–Crippen LogP) is 5.01. The summed E-state index contributed by atoms with van der Waals surface area (Å²) in [6, 6.07) is 10.1. The van der Waals surface area contributed by atoms with Crippen molar-refractivity contribution in [2.45, 2.75) is 30.4 Å². The number of aromatic nitrogens is 3. The summed E-state index contributed by atoms with van der Waals surface area (Å²) in [5.41, 5.74) is -0.0886. The van der Waals surface area contributed by atoms with Gasteiger partial charge in [0.15, 0.2) is 17.1 Å². The van der Waals surface area contributed by atoms with Crippen LogP contribution in [0.25, 0.3) is 0 Å². The van der Waals surface area contributed by atoms with Gasteiger partial charge in [-0.2, -0.15) is 0 Å². The molecule has 1 heterocycles. The van der Waals surface area contributed by atoms with Crippen LogP contribution in [-0.4, -0.2) is 25.9 Å². The van der Waals surface area contributed by atoms with Crippen molar-refractivity contribution in [1.82, 2.24) is 14.8 Å². The lowest BCUT2D eigenvalue weighted by Gasteiger charge is -2.16. The molecule has 1 amide bonds. The highest BCUT2D eigenvalue weighted by atomic mass is 35.5. The molecule has 0 saturated heterocycles. The largest absolute Gasteiger partial charge is 0.481 e. The van der Waals surface area contributed by atoms with Crippen LogP contribution in [0.1, 0.15) is 25.8 Å². The van der Waals surface area contributed by atoms with E-state index in [1.165, 1.54) is 6.07 Å². The second kappa shape index (κ2) is 9.44. The van der Waals surface area contributed by atoms with E-state index in [-0.39, 0.29) is 5.69 Å². The third-order valence-electron chi connectivity index (χ3n) is 4.21. The summed E-state index contributed by atoms with van der Waals surface area (Å²) in [6.45, 7) is 3.47. The molecule has 1 aromatic heterocycles. The Morgan fingerprint density at radius 3 is 2.63 bits per heavy atom.